The predicted molar refractivity (Wildman–Crippen MR) is 139 cm³/mol. The molecule has 0 fully saturated rings. The third kappa shape index (κ3) is 11.4. The van der Waals surface area contributed by atoms with Gasteiger partial charge in [0.05, 0.1) is 6.54 Å². The van der Waals surface area contributed by atoms with E-state index in [1.54, 1.807) is 0 Å². The molecule has 9 heteroatoms. The Morgan fingerprint density at radius 1 is 0.800 bits per heavy atom. The molecule has 0 radical (unpaired) electrons. The molecule has 1 rings (SSSR count). The Balaban J connectivity index is 2.40. The van der Waals surface area contributed by atoms with Crippen LogP contribution in [0.4, 0.5) is 9.59 Å². The SMILES string of the molecule is CC(C)(C)c1cc(CCC(=O)CNC(=O)NCCCCCCNC(=O)NN)cc(C(C)(C)C)c1O. The van der Waals surface area contributed by atoms with Gasteiger partial charge in [-0.15, -0.1) is 0 Å². The van der Waals surface area contributed by atoms with Crippen molar-refractivity contribution in [1.82, 2.24) is 21.4 Å². The number of hydrogen-bond donors (Lipinski definition) is 6. The van der Waals surface area contributed by atoms with Crippen molar-refractivity contribution in [1.29, 1.82) is 0 Å². The quantitative estimate of drug-likeness (QED) is 0.115. The van der Waals surface area contributed by atoms with Crippen molar-refractivity contribution in [2.45, 2.75) is 90.9 Å². The maximum Gasteiger partial charge on any atom is 0.328 e. The van der Waals surface area contributed by atoms with E-state index < -0.39 is 6.03 Å². The molecule has 0 aliphatic rings. The number of unbranched alkanes of at least 4 members (excludes halogenated alkanes) is 3. The molecule has 0 bridgehead atoms. The summed E-state index contributed by atoms with van der Waals surface area (Å²) in [5.74, 6) is 5.26. The molecule has 0 aliphatic heterocycles. The molecule has 0 aromatic heterocycles. The first-order valence-electron chi connectivity index (χ1n) is 12.4. The summed E-state index contributed by atoms with van der Waals surface area (Å²) in [6, 6.07) is 3.22. The molecular weight excluding hydrogens is 446 g/mol. The summed E-state index contributed by atoms with van der Waals surface area (Å²) in [5, 5.41) is 18.8. The molecule has 0 atom stereocenters. The molecule has 0 saturated carbocycles. The van der Waals surface area contributed by atoms with E-state index in [9.17, 15) is 19.5 Å². The number of carbonyl (C=O) groups is 3. The van der Waals surface area contributed by atoms with Crippen LogP contribution in [0.2, 0.25) is 0 Å². The lowest BCUT2D eigenvalue weighted by Crippen LogP contribution is -2.40. The lowest BCUT2D eigenvalue weighted by Gasteiger charge is -2.28. The number of Topliss-reactive ketones (excluding diaryl/α,β-unsaturated/α-hetero) is 1. The molecule has 35 heavy (non-hydrogen) atoms. The van der Waals surface area contributed by atoms with Gasteiger partial charge in [0.25, 0.3) is 0 Å². The highest BCUT2D eigenvalue weighted by Crippen LogP contribution is 2.39. The van der Waals surface area contributed by atoms with Crippen LogP contribution >= 0.6 is 0 Å². The molecule has 0 saturated heterocycles. The van der Waals surface area contributed by atoms with Crippen LogP contribution in [-0.4, -0.2) is 42.6 Å². The average Bonchev–Trinajstić information content (AvgIpc) is 2.76. The smallest absolute Gasteiger partial charge is 0.328 e. The van der Waals surface area contributed by atoms with Gasteiger partial charge in [-0.2, -0.15) is 0 Å². The Morgan fingerprint density at radius 2 is 1.29 bits per heavy atom. The summed E-state index contributed by atoms with van der Waals surface area (Å²) < 4.78 is 0. The van der Waals surface area contributed by atoms with E-state index in [0.29, 0.717) is 31.7 Å². The van der Waals surface area contributed by atoms with Gasteiger partial charge in [0, 0.05) is 19.5 Å². The fourth-order valence-electron chi connectivity index (χ4n) is 3.65. The van der Waals surface area contributed by atoms with Crippen molar-refractivity contribution in [3.05, 3.63) is 28.8 Å². The fraction of sp³-hybridized carbons (Fsp3) is 0.654. The summed E-state index contributed by atoms with van der Waals surface area (Å²) in [7, 11) is 0. The molecule has 1 aromatic rings. The number of aryl methyl sites for hydroxylation is 1. The molecule has 4 amide bonds. The number of hydrogen-bond acceptors (Lipinski definition) is 5. The van der Waals surface area contributed by atoms with E-state index >= 15 is 0 Å². The first kappa shape index (κ1) is 30.2. The van der Waals surface area contributed by atoms with Gasteiger partial charge < -0.3 is 21.1 Å². The number of aromatic hydroxyl groups is 1. The Bertz CT molecular complexity index is 821. The number of urea groups is 2. The van der Waals surface area contributed by atoms with Crippen LogP contribution in [0.25, 0.3) is 0 Å². The van der Waals surface area contributed by atoms with E-state index in [1.807, 2.05) is 17.6 Å². The number of carbonyl (C=O) groups excluding carboxylic acids is 3. The fourth-order valence-corrected chi connectivity index (χ4v) is 3.65. The number of phenols is 1. The standard InChI is InChI=1S/C26H45N5O4/c1-25(2,3)20-15-18(16-21(22(20)33)26(4,5)6)11-12-19(32)17-30-23(34)28-13-9-7-8-10-14-29-24(35)31-27/h15-16,33H,7-14,17,27H2,1-6H3,(H2,28,30,34)(H2,29,31,35). The Hall–Kier alpha value is -2.81. The van der Waals surface area contributed by atoms with Crippen molar-refractivity contribution in [3.8, 4) is 5.75 Å². The summed E-state index contributed by atoms with van der Waals surface area (Å²) in [6.07, 6.45) is 4.37. The van der Waals surface area contributed by atoms with Crippen molar-refractivity contribution in [2.24, 2.45) is 5.84 Å². The Morgan fingerprint density at radius 3 is 1.74 bits per heavy atom. The first-order chi connectivity index (χ1) is 16.3. The second kappa shape index (κ2) is 13.9. The van der Waals surface area contributed by atoms with Crippen molar-refractivity contribution in [3.63, 3.8) is 0 Å². The average molecular weight is 492 g/mol. The minimum atomic E-state index is -0.398. The lowest BCUT2D eigenvalue weighted by molar-refractivity contribution is -0.118. The summed E-state index contributed by atoms with van der Waals surface area (Å²) in [6.45, 7) is 13.4. The number of benzene rings is 1. The van der Waals surface area contributed by atoms with Crippen LogP contribution in [0.1, 0.15) is 90.3 Å². The zero-order valence-electron chi connectivity index (χ0n) is 22.3. The highest BCUT2D eigenvalue weighted by Gasteiger charge is 2.26. The number of ketones is 1. The minimum absolute atomic E-state index is 0.0168. The molecule has 1 aromatic carbocycles. The van der Waals surface area contributed by atoms with Gasteiger partial charge in [-0.05, 0) is 46.8 Å². The van der Waals surface area contributed by atoms with Gasteiger partial charge in [-0.3, -0.25) is 10.2 Å². The van der Waals surface area contributed by atoms with E-state index in [1.165, 1.54) is 0 Å². The lowest BCUT2D eigenvalue weighted by atomic mass is 9.78. The predicted octanol–water partition coefficient (Wildman–Crippen LogP) is 3.52. The highest BCUT2D eigenvalue weighted by atomic mass is 16.3. The summed E-state index contributed by atoms with van der Waals surface area (Å²) in [4.78, 5) is 35.2. The maximum absolute atomic E-state index is 12.4. The molecule has 0 heterocycles. The first-order valence-corrected chi connectivity index (χ1v) is 12.4. The molecular formula is C26H45N5O4. The van der Waals surface area contributed by atoms with Crippen LogP contribution in [0.5, 0.6) is 5.75 Å². The second-order valence-corrected chi connectivity index (χ2v) is 11.0. The van der Waals surface area contributed by atoms with Gasteiger partial charge in [0.1, 0.15) is 5.75 Å². The van der Waals surface area contributed by atoms with Gasteiger partial charge >= 0.3 is 12.1 Å². The molecule has 9 nitrogen and oxygen atoms in total. The Labute approximate surface area is 210 Å². The number of amides is 4. The Kier molecular flexibility index (Phi) is 12.0. The number of nitrogens with one attached hydrogen (secondary N) is 4. The summed E-state index contributed by atoms with van der Waals surface area (Å²) in [5.41, 5.74) is 4.33. The van der Waals surface area contributed by atoms with Crippen LogP contribution in [0, 0.1) is 0 Å². The van der Waals surface area contributed by atoms with Crippen molar-refractivity contribution >= 4 is 17.8 Å². The van der Waals surface area contributed by atoms with E-state index in [0.717, 1.165) is 42.4 Å². The van der Waals surface area contributed by atoms with Gasteiger partial charge in [-0.25, -0.2) is 15.4 Å². The van der Waals surface area contributed by atoms with Gasteiger partial charge in [-0.1, -0.05) is 66.5 Å². The monoisotopic (exact) mass is 491 g/mol. The summed E-state index contributed by atoms with van der Waals surface area (Å²) >= 11 is 0. The molecule has 0 spiro atoms. The van der Waals surface area contributed by atoms with Crippen molar-refractivity contribution in [2.75, 3.05) is 19.6 Å². The largest absolute Gasteiger partial charge is 0.507 e. The van der Waals surface area contributed by atoms with E-state index in [2.05, 4.69) is 57.5 Å². The number of hydrazine groups is 1. The van der Waals surface area contributed by atoms with Crippen molar-refractivity contribution < 1.29 is 19.5 Å². The molecule has 0 unspecified atom stereocenters. The second-order valence-electron chi connectivity index (χ2n) is 11.0. The zero-order valence-corrected chi connectivity index (χ0v) is 22.3. The zero-order chi connectivity index (χ0) is 26.6. The van der Waals surface area contributed by atoms with Gasteiger partial charge in [0.2, 0.25) is 0 Å². The minimum Gasteiger partial charge on any atom is -0.507 e. The molecule has 198 valence electrons. The third-order valence-electron chi connectivity index (χ3n) is 5.73. The molecule has 0 aliphatic carbocycles. The van der Waals surface area contributed by atoms with Crippen LogP contribution in [-0.2, 0) is 22.0 Å². The number of nitrogens with two attached hydrogens (primary N) is 1. The number of phenolic OH excluding ortho intramolecular Hbond substituents is 1. The van der Waals surface area contributed by atoms with Gasteiger partial charge in [0.15, 0.2) is 5.78 Å². The maximum atomic E-state index is 12.4. The van der Waals surface area contributed by atoms with Crippen LogP contribution < -0.4 is 27.2 Å². The van der Waals surface area contributed by atoms with E-state index in [-0.39, 0.29) is 29.2 Å². The normalized spacial score (nSPS) is 11.6. The number of rotatable bonds is 12. The topological polar surface area (TPSA) is 146 Å². The van der Waals surface area contributed by atoms with Crippen LogP contribution in [0.15, 0.2) is 12.1 Å². The van der Waals surface area contributed by atoms with E-state index in [4.69, 9.17) is 5.84 Å². The molecule has 7 N–H and O–H groups in total. The van der Waals surface area contributed by atoms with Crippen LogP contribution in [0.3, 0.4) is 0 Å². The highest BCUT2D eigenvalue weighted by molar-refractivity contribution is 5.85. The third-order valence-corrected chi connectivity index (χ3v) is 5.73.